The zero-order valence-corrected chi connectivity index (χ0v) is 36.8. The minimum Gasteiger partial charge on any atom is -0.456 e. The Morgan fingerprint density at radius 2 is 1.67 bits per heavy atom. The van der Waals surface area contributed by atoms with E-state index in [4.69, 9.17) is 23.7 Å². The number of hydrogen-bond acceptors (Lipinski definition) is 11. The Balaban J connectivity index is 1.78. The summed E-state index contributed by atoms with van der Waals surface area (Å²) in [5.74, 6) is -6.14. The molecule has 324 valence electrons. The molecule has 3 heterocycles. The van der Waals surface area contributed by atoms with Gasteiger partial charge < -0.3 is 38.6 Å². The topological polar surface area (TPSA) is 141 Å². The molecule has 12 unspecified atom stereocenters. The molecule has 3 fully saturated rings. The Bertz CT molecular complexity index is 1460. The second-order valence-electron chi connectivity index (χ2n) is 18.1. The number of ketones is 2. The maximum Gasteiger partial charge on any atom is 0.329 e. The van der Waals surface area contributed by atoms with Gasteiger partial charge in [-0.2, -0.15) is 0 Å². The van der Waals surface area contributed by atoms with Gasteiger partial charge in [0.15, 0.2) is 0 Å². The van der Waals surface area contributed by atoms with Gasteiger partial charge in [0.2, 0.25) is 5.79 Å². The van der Waals surface area contributed by atoms with Crippen molar-refractivity contribution < 1.29 is 48.0 Å². The molecular weight excluding hydrogens is 728 g/mol. The summed E-state index contributed by atoms with van der Waals surface area (Å²) in [4.78, 5) is 60.4. The first-order chi connectivity index (χ1) is 26.9. The Labute approximate surface area is 342 Å². The number of Topliss-reactive ketones (excluding diaryl/α,β-unsaturated/α-hetero) is 2. The van der Waals surface area contributed by atoms with Gasteiger partial charge in [0.25, 0.3) is 11.7 Å². The number of ether oxygens (including phenoxy) is 5. The van der Waals surface area contributed by atoms with Gasteiger partial charge in [0.05, 0.1) is 18.3 Å². The van der Waals surface area contributed by atoms with Gasteiger partial charge in [-0.05, 0) is 122 Å². The third kappa shape index (κ3) is 11.0. The smallest absolute Gasteiger partial charge is 0.329 e. The third-order valence-electron chi connectivity index (χ3n) is 13.6. The molecule has 0 radical (unpaired) electrons. The summed E-state index contributed by atoms with van der Waals surface area (Å²) < 4.78 is 30.4. The molecule has 1 aliphatic carbocycles. The molecule has 0 aromatic heterocycles. The van der Waals surface area contributed by atoms with Gasteiger partial charge in [-0.15, -0.1) is 0 Å². The van der Waals surface area contributed by atoms with E-state index in [1.807, 2.05) is 27.7 Å². The van der Waals surface area contributed by atoms with E-state index in [2.05, 4.69) is 38.1 Å². The van der Waals surface area contributed by atoms with Crippen LogP contribution in [0.2, 0.25) is 0 Å². The highest BCUT2D eigenvalue weighted by atomic mass is 16.7. The predicted molar refractivity (Wildman–Crippen MR) is 218 cm³/mol. The second kappa shape index (κ2) is 20.7. The molecule has 4 aliphatic rings. The van der Waals surface area contributed by atoms with E-state index in [0.717, 1.165) is 36.8 Å². The molecule has 3 aliphatic heterocycles. The van der Waals surface area contributed by atoms with Crippen LogP contribution in [0.25, 0.3) is 0 Å². The van der Waals surface area contributed by atoms with Gasteiger partial charge >= 0.3 is 5.97 Å². The first-order valence-electron chi connectivity index (χ1n) is 21.6. The molecule has 2 bridgehead atoms. The molecule has 57 heavy (non-hydrogen) atoms. The fourth-order valence-electron chi connectivity index (χ4n) is 9.99. The van der Waals surface area contributed by atoms with Crippen molar-refractivity contribution >= 4 is 23.4 Å². The van der Waals surface area contributed by atoms with Gasteiger partial charge in [0.1, 0.15) is 24.0 Å². The normalized spacial score (nSPS) is 38.9. The molecule has 12 heteroatoms. The molecular formula is C45H74N2O10. The lowest BCUT2D eigenvalue weighted by molar-refractivity contribution is -0.302. The van der Waals surface area contributed by atoms with Gasteiger partial charge in [-0.1, -0.05) is 45.4 Å². The van der Waals surface area contributed by atoms with Crippen LogP contribution in [0.5, 0.6) is 0 Å². The highest BCUT2D eigenvalue weighted by Crippen LogP contribution is 2.40. The van der Waals surface area contributed by atoms with Crippen molar-refractivity contribution in [2.45, 2.75) is 173 Å². The number of rotatable bonds is 7. The zero-order valence-electron chi connectivity index (χ0n) is 36.8. The van der Waals surface area contributed by atoms with E-state index in [-0.39, 0.29) is 48.1 Å². The summed E-state index contributed by atoms with van der Waals surface area (Å²) >= 11 is 0. The molecule has 1 N–H and O–H groups in total. The van der Waals surface area contributed by atoms with Gasteiger partial charge in [-0.3, -0.25) is 14.4 Å². The molecule has 0 spiro atoms. The number of aliphatic hydroxyl groups is 1. The van der Waals surface area contributed by atoms with Crippen LogP contribution in [0, 0.1) is 23.7 Å². The quantitative estimate of drug-likeness (QED) is 0.178. The lowest BCUT2D eigenvalue weighted by atomic mass is 9.77. The maximum absolute atomic E-state index is 14.4. The number of carbonyl (C=O) groups excluding carboxylic acids is 4. The van der Waals surface area contributed by atoms with E-state index in [1.54, 1.807) is 28.3 Å². The molecule has 12 atom stereocenters. The minimum atomic E-state index is -2.46. The largest absolute Gasteiger partial charge is 0.456 e. The van der Waals surface area contributed by atoms with Crippen molar-refractivity contribution in [2.24, 2.45) is 23.7 Å². The number of amides is 1. The maximum atomic E-state index is 14.4. The number of methoxy groups -OCH3 is 3. The predicted octanol–water partition coefficient (Wildman–Crippen LogP) is 6.22. The number of cyclic esters (lactones) is 1. The molecule has 0 aromatic carbocycles. The van der Waals surface area contributed by atoms with Crippen molar-refractivity contribution in [2.75, 3.05) is 42.0 Å². The molecule has 1 saturated carbocycles. The highest BCUT2D eigenvalue weighted by Gasteiger charge is 2.56. The van der Waals surface area contributed by atoms with Crippen LogP contribution in [-0.2, 0) is 42.9 Å². The molecule has 4 rings (SSSR count). The molecule has 12 nitrogen and oxygen atoms in total. The van der Waals surface area contributed by atoms with E-state index in [1.165, 1.54) is 4.90 Å². The Morgan fingerprint density at radius 3 is 2.30 bits per heavy atom. The first kappa shape index (κ1) is 47.2. The summed E-state index contributed by atoms with van der Waals surface area (Å²) in [5.41, 5.74) is 1.64. The Morgan fingerprint density at radius 1 is 0.982 bits per heavy atom. The van der Waals surface area contributed by atoms with Crippen LogP contribution in [0.4, 0.5) is 0 Å². The molecule has 0 aromatic rings. The summed E-state index contributed by atoms with van der Waals surface area (Å²) in [6.45, 7) is 12.0. The zero-order chi connectivity index (χ0) is 42.2. The van der Waals surface area contributed by atoms with Crippen molar-refractivity contribution in [3.63, 3.8) is 0 Å². The Kier molecular flexibility index (Phi) is 17.1. The summed E-state index contributed by atoms with van der Waals surface area (Å²) in [6.07, 6.45) is 10.0. The van der Waals surface area contributed by atoms with E-state index in [9.17, 15) is 24.3 Å². The average Bonchev–Trinajstić information content (AvgIpc) is 3.19. The number of esters is 1. The number of hydrogen-bond donors (Lipinski definition) is 1. The third-order valence-corrected chi connectivity index (χ3v) is 13.6. The van der Waals surface area contributed by atoms with Crippen molar-refractivity contribution in [3.8, 4) is 0 Å². The van der Waals surface area contributed by atoms with Crippen LogP contribution in [0.1, 0.15) is 125 Å². The highest BCUT2D eigenvalue weighted by molar-refractivity contribution is 6.39. The number of nitrogens with zero attached hydrogens (tertiary/aromatic N) is 2. The van der Waals surface area contributed by atoms with Crippen molar-refractivity contribution in [1.82, 2.24) is 9.80 Å². The number of allylic oxidation sites excluding steroid dienone is 2. The van der Waals surface area contributed by atoms with Crippen LogP contribution in [0.3, 0.4) is 0 Å². The fraction of sp³-hybridized carbons (Fsp3) is 0.822. The number of fused-ring (bicyclic) bond motifs is 3. The number of likely N-dealkylation sites (N-methyl/N-ethyl adjacent to an activating group) is 1. The van der Waals surface area contributed by atoms with Crippen LogP contribution < -0.4 is 0 Å². The summed E-state index contributed by atoms with van der Waals surface area (Å²) in [5, 5.41) is 12.1. The minimum absolute atomic E-state index is 0.0948. The molecule has 1 amide bonds. The van der Waals surface area contributed by atoms with E-state index in [0.29, 0.717) is 51.4 Å². The second-order valence-corrected chi connectivity index (χ2v) is 18.1. The number of piperidine rings is 1. The van der Waals surface area contributed by atoms with Gasteiger partial charge in [0, 0.05) is 51.7 Å². The first-order valence-corrected chi connectivity index (χ1v) is 21.6. The van der Waals surface area contributed by atoms with Gasteiger partial charge in [-0.25, -0.2) is 4.79 Å². The van der Waals surface area contributed by atoms with Crippen molar-refractivity contribution in [1.29, 1.82) is 0 Å². The lowest BCUT2D eigenvalue weighted by Crippen LogP contribution is -2.64. The van der Waals surface area contributed by atoms with E-state index < -0.39 is 59.8 Å². The average molecular weight is 803 g/mol. The van der Waals surface area contributed by atoms with E-state index >= 15 is 0 Å². The Hall–Kier alpha value is -2.48. The molecule has 2 saturated heterocycles. The van der Waals surface area contributed by atoms with Crippen LogP contribution in [0.15, 0.2) is 23.3 Å². The van der Waals surface area contributed by atoms with Crippen molar-refractivity contribution in [3.05, 3.63) is 23.3 Å². The summed E-state index contributed by atoms with van der Waals surface area (Å²) in [6, 6.07) is -1.03. The summed E-state index contributed by atoms with van der Waals surface area (Å²) in [7, 11) is 9.00. The lowest BCUT2D eigenvalue weighted by Gasteiger charge is -2.47. The fourth-order valence-corrected chi connectivity index (χ4v) is 9.99. The monoisotopic (exact) mass is 803 g/mol. The standard InChI is InChI=1S/C45H74N2O10/c1-12-33-23-28(2)22-29(3)24-37(54-10)40-38(55-11)25-32(6)45(52,57-40)41(49)42(50)47-21-14-13-17-35(47)43(51)56-39(30(4)18-19-36(33)48)31(5)26-44(46(7)8)20-15-16-34(27-44)53-9/h23,26,29-30,32-35,37-40,52H,12-22,24-25,27H2,1-11H3. The van der Waals surface area contributed by atoms with Crippen LogP contribution >= 0.6 is 0 Å². The number of carbonyl (C=O) groups is 4. The SMILES string of the molecule is CCC1C=C(C)CC(C)CC(OC)C2OC(O)(C(=O)C(=O)N3CCCCC3C(=O)OC(C(C)=CC3(N(C)C)CCCC(OC)C3)C(C)CCC1=O)C(C)CC2OC. The van der Waals surface area contributed by atoms with Crippen LogP contribution in [-0.4, -0.2) is 128 Å².